The van der Waals surface area contributed by atoms with Crippen molar-refractivity contribution in [3.05, 3.63) is 104 Å². The number of hydrogen-bond acceptors (Lipinski definition) is 7. The quantitative estimate of drug-likeness (QED) is 0.183. The van der Waals surface area contributed by atoms with Crippen LogP contribution in [-0.2, 0) is 26.7 Å². The molecule has 16 heteroatoms. The van der Waals surface area contributed by atoms with Crippen LogP contribution in [0.4, 0.5) is 37.7 Å². The molecule has 0 saturated carbocycles. The Morgan fingerprint density at radius 2 is 1.61 bits per heavy atom. The molecule has 2 aliphatic heterocycles. The highest BCUT2D eigenvalue weighted by Crippen LogP contribution is 2.54. The summed E-state index contributed by atoms with van der Waals surface area (Å²) in [6, 6.07) is 14.4. The predicted molar refractivity (Wildman–Crippen MR) is 156 cm³/mol. The molecule has 3 amide bonds. The van der Waals surface area contributed by atoms with Gasteiger partial charge in [0.1, 0.15) is 11.0 Å². The number of rotatable bonds is 6. The van der Waals surface area contributed by atoms with E-state index >= 15 is 0 Å². The zero-order valence-corrected chi connectivity index (χ0v) is 24.6. The highest BCUT2D eigenvalue weighted by molar-refractivity contribution is 8.00. The second-order valence-electron chi connectivity index (χ2n) is 10.3. The molecule has 1 saturated heterocycles. The van der Waals surface area contributed by atoms with E-state index in [-0.39, 0.29) is 11.4 Å². The lowest BCUT2D eigenvalue weighted by Crippen LogP contribution is -2.33. The molecule has 8 nitrogen and oxygen atoms in total. The third-order valence-corrected chi connectivity index (χ3v) is 9.76. The van der Waals surface area contributed by atoms with E-state index in [0.29, 0.717) is 20.4 Å². The molecular weight excluding hydrogens is 660 g/mol. The maximum Gasteiger partial charge on any atom is 0.418 e. The van der Waals surface area contributed by atoms with Gasteiger partial charge in [0.15, 0.2) is 6.61 Å². The average molecular weight is 680 g/mol. The number of H-pyrrole nitrogens is 1. The summed E-state index contributed by atoms with van der Waals surface area (Å²) in [5.41, 5.74) is -2.27. The van der Waals surface area contributed by atoms with Gasteiger partial charge in [0, 0.05) is 16.5 Å². The summed E-state index contributed by atoms with van der Waals surface area (Å²) in [5.74, 6) is -4.24. The fourth-order valence-corrected chi connectivity index (χ4v) is 7.93. The summed E-state index contributed by atoms with van der Waals surface area (Å²) in [6.45, 7) is -0.551. The predicted octanol–water partition coefficient (Wildman–Crippen LogP) is 6.29. The van der Waals surface area contributed by atoms with Crippen LogP contribution < -0.4 is 19.8 Å². The van der Waals surface area contributed by atoms with Gasteiger partial charge in [0.25, 0.3) is 5.91 Å². The Kier molecular flexibility index (Phi) is 7.96. The van der Waals surface area contributed by atoms with Crippen LogP contribution >= 0.6 is 23.1 Å². The molecule has 1 fully saturated rings. The lowest BCUT2D eigenvalue weighted by atomic mass is 9.83. The van der Waals surface area contributed by atoms with Crippen LogP contribution in [-0.4, -0.2) is 34.6 Å². The van der Waals surface area contributed by atoms with Gasteiger partial charge >= 0.3 is 17.2 Å². The van der Waals surface area contributed by atoms with E-state index in [2.05, 4.69) is 10.3 Å². The number of imide groups is 1. The number of benzene rings is 3. The Balaban J connectivity index is 1.24. The first kappa shape index (κ1) is 31.4. The number of aromatic nitrogens is 1. The van der Waals surface area contributed by atoms with Crippen molar-refractivity contribution in [2.24, 2.45) is 5.92 Å². The first-order valence-corrected chi connectivity index (χ1v) is 15.1. The second-order valence-corrected chi connectivity index (χ2v) is 12.4. The third kappa shape index (κ3) is 5.89. The Hall–Kier alpha value is -4.57. The van der Waals surface area contributed by atoms with E-state index in [1.165, 1.54) is 36.4 Å². The smallest absolute Gasteiger partial charge is 0.418 e. The van der Waals surface area contributed by atoms with E-state index in [1.807, 2.05) is 0 Å². The van der Waals surface area contributed by atoms with Crippen LogP contribution in [0, 0.1) is 5.92 Å². The summed E-state index contributed by atoms with van der Waals surface area (Å²) in [5, 5.41) is 1.54. The molecule has 6 rings (SSSR count). The van der Waals surface area contributed by atoms with Crippen LogP contribution in [0.25, 0.3) is 0 Å². The number of aromatic amines is 1. The maximum absolute atomic E-state index is 13.8. The molecule has 3 heterocycles. The minimum Gasteiger partial charge on any atom is -0.484 e. The van der Waals surface area contributed by atoms with E-state index in [1.54, 1.807) is 0 Å². The zero-order valence-electron chi connectivity index (χ0n) is 22.9. The molecule has 46 heavy (non-hydrogen) atoms. The summed E-state index contributed by atoms with van der Waals surface area (Å²) >= 11 is 1.74. The fourth-order valence-electron chi connectivity index (χ4n) is 5.41. The number of hydrogen-bond donors (Lipinski definition) is 2. The molecule has 3 aromatic carbocycles. The van der Waals surface area contributed by atoms with Crippen molar-refractivity contribution in [1.82, 2.24) is 4.98 Å². The number of nitrogens with zero attached hydrogens (tertiary/aromatic N) is 1. The van der Waals surface area contributed by atoms with Crippen molar-refractivity contribution in [2.75, 3.05) is 16.8 Å². The van der Waals surface area contributed by atoms with Crippen molar-refractivity contribution in [1.29, 1.82) is 0 Å². The minimum atomic E-state index is -4.83. The van der Waals surface area contributed by atoms with Gasteiger partial charge in [-0.15, -0.1) is 0 Å². The Morgan fingerprint density at radius 1 is 0.891 bits per heavy atom. The molecule has 4 aromatic rings. The number of carbonyl (C=O) groups excluding carboxylic acids is 3. The summed E-state index contributed by atoms with van der Waals surface area (Å²) < 4.78 is 85.8. The molecular formula is C30H19F6N3O5S2. The van der Waals surface area contributed by atoms with E-state index in [9.17, 15) is 45.5 Å². The number of amides is 3. The number of para-hydroxylation sites is 1. The Morgan fingerprint density at radius 3 is 2.30 bits per heavy atom. The van der Waals surface area contributed by atoms with E-state index in [4.69, 9.17) is 4.74 Å². The highest BCUT2D eigenvalue weighted by atomic mass is 32.2. The van der Waals surface area contributed by atoms with Crippen LogP contribution in [0.1, 0.15) is 27.5 Å². The number of anilines is 2. The number of thiazole rings is 1. The Bertz CT molecular complexity index is 1900. The maximum atomic E-state index is 13.8. The first-order valence-electron chi connectivity index (χ1n) is 13.4. The zero-order chi connectivity index (χ0) is 33.0. The van der Waals surface area contributed by atoms with E-state index in [0.717, 1.165) is 59.5 Å². The lowest BCUT2D eigenvalue weighted by molar-refractivity contribution is -0.138. The summed E-state index contributed by atoms with van der Waals surface area (Å²) in [4.78, 5) is 55.2. The number of alkyl halides is 6. The SMILES string of the molecule is O=C(COc1ccc([C@@H]2c3sc(=O)[nH]c3S[C@H]3C(=O)N(c4ccccc4C(F)(F)F)C(=O)[C@@H]23)cc1)Nc1cccc(C(F)(F)F)c1. The number of halogens is 6. The van der Waals surface area contributed by atoms with Crippen LogP contribution in [0.2, 0.25) is 0 Å². The molecule has 2 aliphatic rings. The second kappa shape index (κ2) is 11.7. The molecule has 1 aromatic heterocycles. The molecule has 0 radical (unpaired) electrons. The Labute approximate surface area is 263 Å². The van der Waals surface area contributed by atoms with Gasteiger partial charge in [-0.3, -0.25) is 19.2 Å². The van der Waals surface area contributed by atoms with Crippen molar-refractivity contribution in [3.8, 4) is 5.75 Å². The van der Waals surface area contributed by atoms with Crippen molar-refractivity contribution in [2.45, 2.75) is 28.5 Å². The summed E-state index contributed by atoms with van der Waals surface area (Å²) in [7, 11) is 0. The number of fused-ring (bicyclic) bond motifs is 2. The standard InChI is InChI=1S/C30H19F6N3O5S2/c31-29(32,33)15-4-3-5-16(12-15)37-20(40)13-44-17-10-8-14(9-11-17)21-22-24(45-25-23(21)46-28(43)38-25)27(42)39(26(22)41)19-7-2-1-6-18(19)30(34,35)36/h1-12,21-22,24H,13H2,(H,37,40)(H,38,43)/t21-,22-,24+/m0/s1. The normalized spacial score (nSPS) is 19.5. The van der Waals surface area contributed by atoms with E-state index < -0.39 is 75.5 Å². The largest absolute Gasteiger partial charge is 0.484 e. The average Bonchev–Trinajstić information content (AvgIpc) is 3.49. The van der Waals surface area contributed by atoms with Crippen LogP contribution in [0.5, 0.6) is 5.75 Å². The van der Waals surface area contributed by atoms with Gasteiger partial charge in [-0.1, -0.05) is 53.4 Å². The molecule has 2 N–H and O–H groups in total. The third-order valence-electron chi connectivity index (χ3n) is 7.36. The molecule has 238 valence electrons. The van der Waals surface area contributed by atoms with Crippen LogP contribution in [0.3, 0.4) is 0 Å². The molecule has 3 atom stereocenters. The first-order chi connectivity index (χ1) is 21.7. The van der Waals surface area contributed by atoms with Gasteiger partial charge in [-0.05, 0) is 48.0 Å². The van der Waals surface area contributed by atoms with Gasteiger partial charge < -0.3 is 15.0 Å². The number of carbonyl (C=O) groups is 3. The molecule has 0 unspecified atom stereocenters. The topological polar surface area (TPSA) is 109 Å². The van der Waals surface area contributed by atoms with Crippen molar-refractivity contribution < 1.29 is 45.5 Å². The monoisotopic (exact) mass is 679 g/mol. The number of thioether (sulfide) groups is 1. The number of nitrogens with one attached hydrogen (secondary N) is 2. The van der Waals surface area contributed by atoms with Crippen molar-refractivity contribution in [3.63, 3.8) is 0 Å². The van der Waals surface area contributed by atoms with Gasteiger partial charge in [-0.2, -0.15) is 26.3 Å². The molecule has 0 aliphatic carbocycles. The van der Waals surface area contributed by atoms with Crippen LogP contribution in [0.15, 0.2) is 82.6 Å². The van der Waals surface area contributed by atoms with Gasteiger partial charge in [-0.25, -0.2) is 4.90 Å². The van der Waals surface area contributed by atoms with Crippen molar-refractivity contribution >= 4 is 52.2 Å². The summed E-state index contributed by atoms with van der Waals surface area (Å²) in [6.07, 6.45) is -9.42. The lowest BCUT2D eigenvalue weighted by Gasteiger charge is -2.29. The molecule has 0 spiro atoms. The molecule has 0 bridgehead atoms. The van der Waals surface area contributed by atoms with Gasteiger partial charge in [0.05, 0.1) is 27.8 Å². The highest BCUT2D eigenvalue weighted by Gasteiger charge is 2.57. The van der Waals surface area contributed by atoms with Gasteiger partial charge in [0.2, 0.25) is 11.8 Å². The minimum absolute atomic E-state index is 0.0764. The number of ether oxygens (including phenoxy) is 1. The fraction of sp³-hybridized carbons (Fsp3) is 0.200.